The van der Waals surface area contributed by atoms with Crippen LogP contribution in [0.3, 0.4) is 0 Å². The van der Waals surface area contributed by atoms with Crippen LogP contribution in [0, 0.1) is 6.92 Å². The van der Waals surface area contributed by atoms with Crippen LogP contribution in [-0.2, 0) is 6.54 Å². The van der Waals surface area contributed by atoms with Crippen molar-refractivity contribution in [1.82, 2.24) is 4.98 Å². The van der Waals surface area contributed by atoms with Gasteiger partial charge in [0.05, 0.1) is 12.8 Å². The van der Waals surface area contributed by atoms with E-state index in [0.717, 1.165) is 17.0 Å². The van der Waals surface area contributed by atoms with Crippen LogP contribution in [0.1, 0.15) is 25.1 Å². The minimum absolute atomic E-state index is 0.504. The summed E-state index contributed by atoms with van der Waals surface area (Å²) in [6.07, 6.45) is 1.76. The minimum Gasteiger partial charge on any atom is -0.495 e. The van der Waals surface area contributed by atoms with Crippen LogP contribution in [0.4, 0.5) is 0 Å². The Hall–Kier alpha value is -1.09. The number of rotatable bonds is 2. The van der Waals surface area contributed by atoms with E-state index in [4.69, 9.17) is 10.5 Å². The molecule has 1 heterocycles. The van der Waals surface area contributed by atoms with Crippen LogP contribution in [0.25, 0.3) is 0 Å². The van der Waals surface area contributed by atoms with Crippen molar-refractivity contribution in [2.24, 2.45) is 5.73 Å². The van der Waals surface area contributed by atoms with E-state index in [-0.39, 0.29) is 0 Å². The topological polar surface area (TPSA) is 48.1 Å². The van der Waals surface area contributed by atoms with Crippen LogP contribution in [0.5, 0.6) is 5.75 Å². The van der Waals surface area contributed by atoms with Crippen molar-refractivity contribution in [3.63, 3.8) is 0 Å². The van der Waals surface area contributed by atoms with Gasteiger partial charge >= 0.3 is 0 Å². The maximum atomic E-state index is 5.43. The van der Waals surface area contributed by atoms with Gasteiger partial charge in [0.1, 0.15) is 5.75 Å². The Bertz CT molecular complexity index is 249. The summed E-state index contributed by atoms with van der Waals surface area (Å²) >= 11 is 0. The molecule has 1 rings (SSSR count). The van der Waals surface area contributed by atoms with Crippen molar-refractivity contribution in [1.29, 1.82) is 0 Å². The molecule has 2 N–H and O–H groups in total. The quantitative estimate of drug-likeness (QED) is 0.759. The first-order chi connectivity index (χ1) is 6.27. The normalized spacial score (nSPS) is 8.69. The monoisotopic (exact) mass is 182 g/mol. The summed E-state index contributed by atoms with van der Waals surface area (Å²) in [4.78, 5) is 4.12. The standard InChI is InChI=1S/C8H12N2O.C2H6/c1-6-8(11-2)3-7(4-9)5-10-6;1-2/h3,5H,4,9H2,1-2H3;1-2H3. The Morgan fingerprint density at radius 1 is 1.46 bits per heavy atom. The van der Waals surface area contributed by atoms with E-state index >= 15 is 0 Å². The molecule has 0 saturated carbocycles. The molecular formula is C10H18N2O. The van der Waals surface area contributed by atoms with Gasteiger partial charge in [0.15, 0.2) is 0 Å². The van der Waals surface area contributed by atoms with Crippen molar-refractivity contribution >= 4 is 0 Å². The Kier molecular flexibility index (Phi) is 5.89. The molecule has 0 radical (unpaired) electrons. The lowest BCUT2D eigenvalue weighted by molar-refractivity contribution is 0.408. The molecule has 0 aliphatic heterocycles. The first-order valence-corrected chi connectivity index (χ1v) is 4.47. The van der Waals surface area contributed by atoms with Crippen LogP contribution in [0.2, 0.25) is 0 Å². The van der Waals surface area contributed by atoms with Gasteiger partial charge in [0, 0.05) is 12.7 Å². The van der Waals surface area contributed by atoms with Crippen LogP contribution in [0.15, 0.2) is 12.3 Å². The van der Waals surface area contributed by atoms with Gasteiger partial charge in [-0.15, -0.1) is 0 Å². The van der Waals surface area contributed by atoms with E-state index in [1.807, 2.05) is 26.8 Å². The van der Waals surface area contributed by atoms with E-state index in [1.165, 1.54) is 0 Å². The second-order valence-electron chi connectivity index (χ2n) is 2.34. The molecule has 0 amide bonds. The summed E-state index contributed by atoms with van der Waals surface area (Å²) in [5, 5.41) is 0. The van der Waals surface area contributed by atoms with Crippen LogP contribution >= 0.6 is 0 Å². The lowest BCUT2D eigenvalue weighted by Crippen LogP contribution is -1.99. The lowest BCUT2D eigenvalue weighted by Gasteiger charge is -2.04. The number of ether oxygens (including phenoxy) is 1. The van der Waals surface area contributed by atoms with Crippen molar-refractivity contribution in [2.75, 3.05) is 7.11 Å². The third-order valence-corrected chi connectivity index (χ3v) is 1.55. The minimum atomic E-state index is 0.504. The third-order valence-electron chi connectivity index (χ3n) is 1.55. The number of nitrogens with zero attached hydrogens (tertiary/aromatic N) is 1. The summed E-state index contributed by atoms with van der Waals surface area (Å²) in [6, 6.07) is 1.91. The molecular weight excluding hydrogens is 164 g/mol. The summed E-state index contributed by atoms with van der Waals surface area (Å²) in [5.41, 5.74) is 7.31. The molecule has 0 unspecified atom stereocenters. The molecule has 0 aliphatic rings. The Morgan fingerprint density at radius 3 is 2.54 bits per heavy atom. The first-order valence-electron chi connectivity index (χ1n) is 4.47. The molecule has 3 heteroatoms. The highest BCUT2D eigenvalue weighted by molar-refractivity contribution is 5.30. The summed E-state index contributed by atoms with van der Waals surface area (Å²) in [5.74, 6) is 0.799. The number of nitrogens with two attached hydrogens (primary N) is 1. The van der Waals surface area contributed by atoms with Crippen molar-refractivity contribution in [3.8, 4) is 5.75 Å². The number of pyridine rings is 1. The molecule has 3 nitrogen and oxygen atoms in total. The predicted octanol–water partition coefficient (Wildman–Crippen LogP) is 1.88. The number of aryl methyl sites for hydroxylation is 1. The summed E-state index contributed by atoms with van der Waals surface area (Å²) in [6.45, 7) is 6.41. The van der Waals surface area contributed by atoms with Gasteiger partial charge in [0.2, 0.25) is 0 Å². The second kappa shape index (κ2) is 6.43. The number of hydrogen-bond acceptors (Lipinski definition) is 3. The van der Waals surface area contributed by atoms with E-state index < -0.39 is 0 Å². The molecule has 0 saturated heterocycles. The summed E-state index contributed by atoms with van der Waals surface area (Å²) < 4.78 is 5.07. The van der Waals surface area contributed by atoms with Gasteiger partial charge in [-0.1, -0.05) is 13.8 Å². The zero-order valence-electron chi connectivity index (χ0n) is 8.79. The molecule has 0 aromatic carbocycles. The van der Waals surface area contributed by atoms with Crippen molar-refractivity contribution in [2.45, 2.75) is 27.3 Å². The van der Waals surface area contributed by atoms with Gasteiger partial charge < -0.3 is 10.5 Å². The smallest absolute Gasteiger partial charge is 0.140 e. The van der Waals surface area contributed by atoms with E-state index in [9.17, 15) is 0 Å². The molecule has 0 aliphatic carbocycles. The van der Waals surface area contributed by atoms with E-state index in [2.05, 4.69) is 4.98 Å². The Labute approximate surface area is 79.9 Å². The SMILES string of the molecule is CC.COc1cc(CN)cnc1C. The maximum Gasteiger partial charge on any atom is 0.140 e. The fraction of sp³-hybridized carbons (Fsp3) is 0.500. The number of methoxy groups -OCH3 is 1. The van der Waals surface area contributed by atoms with E-state index in [0.29, 0.717) is 6.54 Å². The molecule has 0 atom stereocenters. The summed E-state index contributed by atoms with van der Waals surface area (Å²) in [7, 11) is 1.63. The predicted molar refractivity (Wildman–Crippen MR) is 54.8 cm³/mol. The molecule has 1 aromatic heterocycles. The number of hydrogen-bond donors (Lipinski definition) is 1. The average Bonchev–Trinajstić information content (AvgIpc) is 2.22. The zero-order valence-corrected chi connectivity index (χ0v) is 8.79. The zero-order chi connectivity index (χ0) is 10.3. The highest BCUT2D eigenvalue weighted by atomic mass is 16.5. The van der Waals surface area contributed by atoms with Crippen LogP contribution in [-0.4, -0.2) is 12.1 Å². The molecule has 13 heavy (non-hydrogen) atoms. The average molecular weight is 182 g/mol. The van der Waals surface area contributed by atoms with Gasteiger partial charge in [-0.3, -0.25) is 4.98 Å². The molecule has 74 valence electrons. The Balaban J connectivity index is 0.000000671. The first kappa shape index (κ1) is 11.9. The van der Waals surface area contributed by atoms with Gasteiger partial charge in [0.25, 0.3) is 0 Å². The van der Waals surface area contributed by atoms with Crippen LogP contribution < -0.4 is 10.5 Å². The maximum absolute atomic E-state index is 5.43. The molecule has 0 spiro atoms. The fourth-order valence-electron chi connectivity index (χ4n) is 0.872. The fourth-order valence-corrected chi connectivity index (χ4v) is 0.872. The number of aromatic nitrogens is 1. The lowest BCUT2D eigenvalue weighted by atomic mass is 10.2. The van der Waals surface area contributed by atoms with Crippen molar-refractivity contribution in [3.05, 3.63) is 23.5 Å². The highest BCUT2D eigenvalue weighted by Crippen LogP contribution is 2.15. The molecule has 1 aromatic rings. The molecule has 0 fully saturated rings. The highest BCUT2D eigenvalue weighted by Gasteiger charge is 1.98. The molecule has 0 bridgehead atoms. The van der Waals surface area contributed by atoms with Gasteiger partial charge in [-0.05, 0) is 18.6 Å². The largest absolute Gasteiger partial charge is 0.495 e. The Morgan fingerprint density at radius 2 is 2.08 bits per heavy atom. The third kappa shape index (κ3) is 3.42. The second-order valence-corrected chi connectivity index (χ2v) is 2.34. The van der Waals surface area contributed by atoms with Crippen molar-refractivity contribution < 1.29 is 4.74 Å². The van der Waals surface area contributed by atoms with Gasteiger partial charge in [-0.2, -0.15) is 0 Å². The van der Waals surface area contributed by atoms with Gasteiger partial charge in [-0.25, -0.2) is 0 Å². The van der Waals surface area contributed by atoms with E-state index in [1.54, 1.807) is 13.3 Å².